The molecular weight excluding hydrogens is 260 g/mol. The number of rotatable bonds is 0. The third-order valence-electron chi connectivity index (χ3n) is 7.02. The summed E-state index contributed by atoms with van der Waals surface area (Å²) in [6.45, 7) is 4.68. The van der Waals surface area contributed by atoms with Crippen molar-refractivity contribution < 1.29 is 9.90 Å². The molecule has 2 saturated carbocycles. The van der Waals surface area contributed by atoms with Gasteiger partial charge in [-0.05, 0) is 78.9 Å². The molecule has 5 atom stereocenters. The van der Waals surface area contributed by atoms with Gasteiger partial charge in [-0.15, -0.1) is 0 Å². The van der Waals surface area contributed by atoms with Crippen molar-refractivity contribution in [2.45, 2.75) is 64.9 Å². The molecule has 2 fully saturated rings. The van der Waals surface area contributed by atoms with Crippen LogP contribution in [0.15, 0.2) is 22.8 Å². The molecule has 0 unspecified atom stereocenters. The summed E-state index contributed by atoms with van der Waals surface area (Å²) >= 11 is 0. The number of fused-ring (bicyclic) bond motifs is 4. The quantitative estimate of drug-likeness (QED) is 0.735. The zero-order valence-electron chi connectivity index (χ0n) is 13.2. The molecule has 0 aromatic carbocycles. The van der Waals surface area contributed by atoms with Crippen molar-refractivity contribution in [3.05, 3.63) is 22.8 Å². The molecule has 1 N–H and O–H groups in total. The van der Waals surface area contributed by atoms with Crippen molar-refractivity contribution >= 4 is 5.78 Å². The van der Waals surface area contributed by atoms with E-state index in [1.165, 1.54) is 17.6 Å². The average molecular weight is 286 g/mol. The fourth-order valence-corrected chi connectivity index (χ4v) is 5.88. The molecule has 4 rings (SSSR count). The van der Waals surface area contributed by atoms with E-state index < -0.39 is 0 Å². The van der Waals surface area contributed by atoms with E-state index in [1.807, 2.05) is 6.08 Å². The molecule has 0 radical (unpaired) electrons. The van der Waals surface area contributed by atoms with Gasteiger partial charge < -0.3 is 5.11 Å². The van der Waals surface area contributed by atoms with Gasteiger partial charge in [-0.2, -0.15) is 0 Å². The topological polar surface area (TPSA) is 37.3 Å². The zero-order valence-corrected chi connectivity index (χ0v) is 13.2. The van der Waals surface area contributed by atoms with Crippen LogP contribution < -0.4 is 0 Å². The number of carbonyl (C=O) groups excluding carboxylic acids is 1. The highest BCUT2D eigenvalue weighted by atomic mass is 16.3. The summed E-state index contributed by atoms with van der Waals surface area (Å²) in [5.74, 6) is 2.24. The van der Waals surface area contributed by atoms with Crippen LogP contribution in [0.25, 0.3) is 0 Å². The van der Waals surface area contributed by atoms with Crippen molar-refractivity contribution in [3.63, 3.8) is 0 Å². The van der Waals surface area contributed by atoms with Gasteiger partial charge in [-0.25, -0.2) is 0 Å². The Morgan fingerprint density at radius 1 is 1.24 bits per heavy atom. The first-order chi connectivity index (χ1) is 10.0. The summed E-state index contributed by atoms with van der Waals surface area (Å²) in [6.07, 6.45) is 8.99. The Hall–Kier alpha value is -0.890. The minimum atomic E-state index is -0.105. The van der Waals surface area contributed by atoms with Gasteiger partial charge in [0.25, 0.3) is 0 Å². The van der Waals surface area contributed by atoms with Gasteiger partial charge in [-0.3, -0.25) is 4.79 Å². The number of aliphatic hydroxyl groups is 1. The number of aliphatic hydroxyl groups excluding tert-OH is 1. The van der Waals surface area contributed by atoms with E-state index in [1.54, 1.807) is 5.57 Å². The highest BCUT2D eigenvalue weighted by Crippen LogP contribution is 2.61. The summed E-state index contributed by atoms with van der Waals surface area (Å²) in [4.78, 5) is 11.7. The Bertz CT molecular complexity index is 556. The third kappa shape index (κ3) is 1.84. The van der Waals surface area contributed by atoms with Crippen LogP contribution >= 0.6 is 0 Å². The monoisotopic (exact) mass is 286 g/mol. The molecule has 0 aliphatic heterocycles. The third-order valence-corrected chi connectivity index (χ3v) is 7.02. The number of ketones is 1. The largest absolute Gasteiger partial charge is 0.393 e. The summed E-state index contributed by atoms with van der Waals surface area (Å²) in [7, 11) is 0. The SMILES string of the molecule is C[C@@H]1CC2=CC(=O)CCC2=C2CC[C@]3(C)[C@@H](O)CC[C@H]3[C@@H]21. The summed E-state index contributed by atoms with van der Waals surface area (Å²) in [5, 5.41) is 10.5. The summed E-state index contributed by atoms with van der Waals surface area (Å²) < 4.78 is 0. The Labute approximate surface area is 127 Å². The minimum Gasteiger partial charge on any atom is -0.393 e. The molecule has 0 aromatic rings. The standard InChI is InChI=1S/C19H26O2/c1-11-9-12-10-13(20)3-4-14(12)15-7-8-19(2)16(18(11)15)5-6-17(19)21/h10-11,16-18,21H,3-9H2,1-2H3/t11-,16+,17+,18-,19+/m1/s1. The Balaban J connectivity index is 1.79. The fraction of sp³-hybridized carbons (Fsp3) is 0.737. The van der Waals surface area contributed by atoms with Crippen molar-refractivity contribution in [1.82, 2.24) is 0 Å². The van der Waals surface area contributed by atoms with E-state index in [-0.39, 0.29) is 11.5 Å². The van der Waals surface area contributed by atoms with Gasteiger partial charge in [0.15, 0.2) is 5.78 Å². The molecule has 2 nitrogen and oxygen atoms in total. The lowest BCUT2D eigenvalue weighted by atomic mass is 9.55. The van der Waals surface area contributed by atoms with Crippen LogP contribution in [0.3, 0.4) is 0 Å². The van der Waals surface area contributed by atoms with E-state index in [4.69, 9.17) is 0 Å². The normalized spacial score (nSPS) is 45.9. The van der Waals surface area contributed by atoms with E-state index in [9.17, 15) is 9.90 Å². The van der Waals surface area contributed by atoms with Crippen molar-refractivity contribution in [1.29, 1.82) is 0 Å². The number of hydrogen-bond acceptors (Lipinski definition) is 2. The van der Waals surface area contributed by atoms with Crippen LogP contribution in [0.2, 0.25) is 0 Å². The highest BCUT2D eigenvalue weighted by Gasteiger charge is 2.54. The van der Waals surface area contributed by atoms with Gasteiger partial charge in [0.1, 0.15) is 0 Å². The summed E-state index contributed by atoms with van der Waals surface area (Å²) in [6, 6.07) is 0. The van der Waals surface area contributed by atoms with Gasteiger partial charge >= 0.3 is 0 Å². The Kier molecular flexibility index (Phi) is 2.98. The van der Waals surface area contributed by atoms with Crippen molar-refractivity contribution in [2.75, 3.05) is 0 Å². The van der Waals surface area contributed by atoms with Crippen molar-refractivity contribution in [2.24, 2.45) is 23.2 Å². The molecule has 0 saturated heterocycles. The molecule has 0 heterocycles. The number of carbonyl (C=O) groups is 1. The lowest BCUT2D eigenvalue weighted by Gasteiger charge is -2.50. The zero-order chi connectivity index (χ0) is 14.8. The minimum absolute atomic E-state index is 0.105. The van der Waals surface area contributed by atoms with E-state index in [0.29, 0.717) is 30.0 Å². The van der Waals surface area contributed by atoms with Gasteiger partial charge in [0, 0.05) is 6.42 Å². The molecule has 0 bridgehead atoms. The predicted octanol–water partition coefficient (Wildman–Crippen LogP) is 3.80. The van der Waals surface area contributed by atoms with Gasteiger partial charge in [0.2, 0.25) is 0 Å². The first-order valence-corrected chi connectivity index (χ1v) is 8.64. The maximum absolute atomic E-state index is 11.7. The van der Waals surface area contributed by atoms with Crippen LogP contribution in [-0.4, -0.2) is 17.0 Å². The second-order valence-electron chi connectivity index (χ2n) is 8.05. The smallest absolute Gasteiger partial charge is 0.156 e. The predicted molar refractivity (Wildman–Crippen MR) is 82.7 cm³/mol. The van der Waals surface area contributed by atoms with Crippen LogP contribution in [0.4, 0.5) is 0 Å². The molecular formula is C19H26O2. The molecule has 0 spiro atoms. The lowest BCUT2D eigenvalue weighted by Crippen LogP contribution is -2.44. The Morgan fingerprint density at radius 3 is 2.86 bits per heavy atom. The number of allylic oxidation sites excluding steroid dienone is 4. The molecule has 0 amide bonds. The second kappa shape index (κ2) is 4.55. The average Bonchev–Trinajstić information content (AvgIpc) is 2.74. The fourth-order valence-electron chi connectivity index (χ4n) is 5.88. The molecule has 114 valence electrons. The van der Waals surface area contributed by atoms with Crippen LogP contribution in [-0.2, 0) is 4.79 Å². The van der Waals surface area contributed by atoms with Crippen LogP contribution in [0.1, 0.15) is 58.8 Å². The lowest BCUT2D eigenvalue weighted by molar-refractivity contribution is -0.114. The van der Waals surface area contributed by atoms with E-state index in [2.05, 4.69) is 13.8 Å². The highest BCUT2D eigenvalue weighted by molar-refractivity contribution is 5.93. The summed E-state index contributed by atoms with van der Waals surface area (Å²) in [5.41, 5.74) is 4.66. The van der Waals surface area contributed by atoms with E-state index in [0.717, 1.165) is 32.1 Å². The van der Waals surface area contributed by atoms with Crippen LogP contribution in [0.5, 0.6) is 0 Å². The molecule has 4 aliphatic carbocycles. The van der Waals surface area contributed by atoms with Gasteiger partial charge in [-0.1, -0.05) is 19.4 Å². The molecule has 2 heteroatoms. The van der Waals surface area contributed by atoms with Crippen molar-refractivity contribution in [3.8, 4) is 0 Å². The van der Waals surface area contributed by atoms with Crippen LogP contribution in [0, 0.1) is 23.2 Å². The van der Waals surface area contributed by atoms with Gasteiger partial charge in [0.05, 0.1) is 6.10 Å². The molecule has 4 aliphatic rings. The number of hydrogen-bond donors (Lipinski definition) is 1. The second-order valence-corrected chi connectivity index (χ2v) is 8.05. The maximum atomic E-state index is 11.7. The first-order valence-electron chi connectivity index (χ1n) is 8.64. The Morgan fingerprint density at radius 2 is 2.05 bits per heavy atom. The first kappa shape index (κ1) is 13.8. The molecule has 21 heavy (non-hydrogen) atoms. The maximum Gasteiger partial charge on any atom is 0.156 e. The van der Waals surface area contributed by atoms with E-state index >= 15 is 0 Å². The molecule has 0 aromatic heterocycles.